The zero-order valence-electron chi connectivity index (χ0n) is 6.47. The summed E-state index contributed by atoms with van der Waals surface area (Å²) in [6.07, 6.45) is 4.36. The van der Waals surface area contributed by atoms with E-state index in [0.29, 0.717) is 0 Å². The number of rotatable bonds is 2. The average Bonchev–Trinajstić information content (AvgIpc) is 2.03. The van der Waals surface area contributed by atoms with Crippen molar-refractivity contribution in [2.75, 3.05) is 0 Å². The maximum atomic E-state index is 11.1. The summed E-state index contributed by atoms with van der Waals surface area (Å²) >= 11 is 0. The second-order valence-corrected chi connectivity index (χ2v) is 2.58. The molecular weight excluding hydrogens is 156 g/mol. The number of aliphatic hydroxyl groups excluding tert-OH is 2. The predicted octanol–water partition coefficient (Wildman–Crippen LogP) is 0.730. The van der Waals surface area contributed by atoms with Crippen LogP contribution in [-0.4, -0.2) is 22.1 Å². The van der Waals surface area contributed by atoms with Crippen molar-refractivity contribution in [2.45, 2.75) is 6.10 Å². The molecule has 0 radical (unpaired) electrons. The molecule has 0 amide bonds. The summed E-state index contributed by atoms with van der Waals surface area (Å²) in [5, 5.41) is 18.1. The standard InChI is InChI=1S/C9H10O3/c1-2-8(11)7-4-3-6(10)5-9(7)12/h2-5,7-8,10-11H,1H2. The number of carbonyl (C=O) groups excluding carboxylic acids is 1. The molecule has 1 aliphatic carbocycles. The van der Waals surface area contributed by atoms with E-state index in [0.717, 1.165) is 6.08 Å². The fourth-order valence-electron chi connectivity index (χ4n) is 1.02. The quantitative estimate of drug-likeness (QED) is 0.594. The highest BCUT2D eigenvalue weighted by atomic mass is 16.3. The number of aliphatic hydroxyl groups is 2. The predicted molar refractivity (Wildman–Crippen MR) is 44.6 cm³/mol. The molecule has 0 aromatic heterocycles. The van der Waals surface area contributed by atoms with Crippen LogP contribution >= 0.6 is 0 Å². The third-order valence-electron chi connectivity index (χ3n) is 1.70. The van der Waals surface area contributed by atoms with Gasteiger partial charge in [-0.3, -0.25) is 4.79 Å². The lowest BCUT2D eigenvalue weighted by Gasteiger charge is -2.15. The first-order valence-corrected chi connectivity index (χ1v) is 3.58. The topological polar surface area (TPSA) is 57.5 Å². The molecule has 0 heterocycles. The highest BCUT2D eigenvalue weighted by Crippen LogP contribution is 2.15. The lowest BCUT2D eigenvalue weighted by molar-refractivity contribution is -0.119. The second kappa shape index (κ2) is 3.36. The van der Waals surface area contributed by atoms with E-state index in [1.807, 2.05) is 0 Å². The van der Waals surface area contributed by atoms with Crippen LogP contribution in [0.2, 0.25) is 0 Å². The molecule has 0 spiro atoms. The van der Waals surface area contributed by atoms with Gasteiger partial charge in [0, 0.05) is 6.08 Å². The Morgan fingerprint density at radius 2 is 2.33 bits per heavy atom. The molecule has 0 aliphatic heterocycles. The first kappa shape index (κ1) is 8.74. The van der Waals surface area contributed by atoms with Gasteiger partial charge in [-0.2, -0.15) is 0 Å². The smallest absolute Gasteiger partial charge is 0.169 e. The molecule has 0 aromatic carbocycles. The van der Waals surface area contributed by atoms with Gasteiger partial charge in [0.2, 0.25) is 0 Å². The van der Waals surface area contributed by atoms with Crippen molar-refractivity contribution in [3.05, 3.63) is 36.6 Å². The molecule has 1 aliphatic rings. The molecule has 0 aromatic rings. The Hall–Kier alpha value is -1.35. The summed E-state index contributed by atoms with van der Waals surface area (Å²) in [4.78, 5) is 11.1. The summed E-state index contributed by atoms with van der Waals surface area (Å²) in [5.41, 5.74) is 0. The first-order valence-electron chi connectivity index (χ1n) is 3.58. The molecule has 1 rings (SSSR count). The maximum absolute atomic E-state index is 11.1. The Labute approximate surface area is 70.3 Å². The van der Waals surface area contributed by atoms with E-state index in [-0.39, 0.29) is 11.5 Å². The zero-order chi connectivity index (χ0) is 9.14. The lowest BCUT2D eigenvalue weighted by Crippen LogP contribution is -2.25. The molecule has 0 fully saturated rings. The molecule has 3 nitrogen and oxygen atoms in total. The molecule has 2 unspecified atom stereocenters. The van der Waals surface area contributed by atoms with Gasteiger partial charge in [0.1, 0.15) is 5.76 Å². The van der Waals surface area contributed by atoms with Crippen LogP contribution < -0.4 is 0 Å². The largest absolute Gasteiger partial charge is 0.508 e. The molecule has 64 valence electrons. The van der Waals surface area contributed by atoms with Crippen molar-refractivity contribution in [3.8, 4) is 0 Å². The Bertz CT molecular complexity index is 263. The van der Waals surface area contributed by atoms with Crippen LogP contribution in [0.3, 0.4) is 0 Å². The van der Waals surface area contributed by atoms with E-state index >= 15 is 0 Å². The Morgan fingerprint density at radius 1 is 1.67 bits per heavy atom. The van der Waals surface area contributed by atoms with E-state index in [9.17, 15) is 9.90 Å². The monoisotopic (exact) mass is 166 g/mol. The SMILES string of the molecule is C=CC(O)C1C=CC(O)=CC1=O. The molecule has 2 atom stereocenters. The van der Waals surface area contributed by atoms with Gasteiger partial charge in [-0.1, -0.05) is 12.2 Å². The highest BCUT2D eigenvalue weighted by Gasteiger charge is 2.22. The van der Waals surface area contributed by atoms with Crippen LogP contribution in [0.4, 0.5) is 0 Å². The van der Waals surface area contributed by atoms with Gasteiger partial charge in [-0.25, -0.2) is 0 Å². The minimum Gasteiger partial charge on any atom is -0.508 e. The van der Waals surface area contributed by atoms with Crippen LogP contribution in [0.15, 0.2) is 36.6 Å². The highest BCUT2D eigenvalue weighted by molar-refractivity contribution is 5.95. The van der Waals surface area contributed by atoms with Crippen molar-refractivity contribution in [1.82, 2.24) is 0 Å². The number of ketones is 1. The van der Waals surface area contributed by atoms with Gasteiger partial charge in [0.15, 0.2) is 5.78 Å². The molecule has 0 saturated carbocycles. The van der Waals surface area contributed by atoms with E-state index in [1.165, 1.54) is 18.2 Å². The lowest BCUT2D eigenvalue weighted by atomic mass is 9.93. The van der Waals surface area contributed by atoms with Crippen LogP contribution in [0.25, 0.3) is 0 Å². The van der Waals surface area contributed by atoms with Gasteiger partial charge in [0.25, 0.3) is 0 Å². The molecular formula is C9H10O3. The third kappa shape index (κ3) is 1.62. The van der Waals surface area contributed by atoms with Crippen LogP contribution in [0.5, 0.6) is 0 Å². The second-order valence-electron chi connectivity index (χ2n) is 2.58. The fraction of sp³-hybridized carbons (Fsp3) is 0.222. The molecule has 0 bridgehead atoms. The summed E-state index contributed by atoms with van der Waals surface area (Å²) < 4.78 is 0. The summed E-state index contributed by atoms with van der Waals surface area (Å²) in [6, 6.07) is 0. The summed E-state index contributed by atoms with van der Waals surface area (Å²) in [5.74, 6) is -0.978. The summed E-state index contributed by atoms with van der Waals surface area (Å²) in [7, 11) is 0. The first-order chi connectivity index (χ1) is 5.65. The van der Waals surface area contributed by atoms with E-state index in [1.54, 1.807) is 0 Å². The van der Waals surface area contributed by atoms with E-state index in [2.05, 4.69) is 6.58 Å². The molecule has 2 N–H and O–H groups in total. The van der Waals surface area contributed by atoms with E-state index in [4.69, 9.17) is 5.11 Å². The van der Waals surface area contributed by atoms with Crippen molar-refractivity contribution < 1.29 is 15.0 Å². The number of hydrogen-bond acceptors (Lipinski definition) is 3. The minimum atomic E-state index is -0.877. The van der Waals surface area contributed by atoms with Crippen LogP contribution in [0.1, 0.15) is 0 Å². The number of hydrogen-bond donors (Lipinski definition) is 2. The third-order valence-corrected chi connectivity index (χ3v) is 1.70. The van der Waals surface area contributed by atoms with Crippen LogP contribution in [0, 0.1) is 5.92 Å². The number of carbonyl (C=O) groups is 1. The summed E-state index contributed by atoms with van der Waals surface area (Å²) in [6.45, 7) is 3.37. The fourth-order valence-corrected chi connectivity index (χ4v) is 1.02. The average molecular weight is 166 g/mol. The number of allylic oxidation sites excluding steroid dienone is 2. The molecule has 0 saturated heterocycles. The van der Waals surface area contributed by atoms with Gasteiger partial charge in [-0.05, 0) is 6.08 Å². The van der Waals surface area contributed by atoms with Gasteiger partial charge in [-0.15, -0.1) is 6.58 Å². The Kier molecular flexibility index (Phi) is 2.45. The van der Waals surface area contributed by atoms with E-state index < -0.39 is 12.0 Å². The molecule has 3 heteroatoms. The molecule has 12 heavy (non-hydrogen) atoms. The normalized spacial score (nSPS) is 24.9. The van der Waals surface area contributed by atoms with Crippen molar-refractivity contribution in [1.29, 1.82) is 0 Å². The Morgan fingerprint density at radius 3 is 2.83 bits per heavy atom. The maximum Gasteiger partial charge on any atom is 0.169 e. The van der Waals surface area contributed by atoms with Crippen molar-refractivity contribution in [3.63, 3.8) is 0 Å². The van der Waals surface area contributed by atoms with Crippen molar-refractivity contribution >= 4 is 5.78 Å². The minimum absolute atomic E-state index is 0.0764. The van der Waals surface area contributed by atoms with Gasteiger partial charge < -0.3 is 10.2 Å². The van der Waals surface area contributed by atoms with Crippen LogP contribution in [-0.2, 0) is 4.79 Å². The zero-order valence-corrected chi connectivity index (χ0v) is 6.47. The van der Waals surface area contributed by atoms with Gasteiger partial charge in [0.05, 0.1) is 12.0 Å². The van der Waals surface area contributed by atoms with Crippen molar-refractivity contribution in [2.24, 2.45) is 5.92 Å². The van der Waals surface area contributed by atoms with Gasteiger partial charge >= 0.3 is 0 Å². The Balaban J connectivity index is 2.79.